The predicted molar refractivity (Wildman–Crippen MR) is 93.9 cm³/mol. The zero-order chi connectivity index (χ0) is 16.1. The van der Waals surface area contributed by atoms with Gasteiger partial charge < -0.3 is 27.6 Å². The quantitative estimate of drug-likeness (QED) is 0.400. The molecule has 0 unspecified atom stereocenters. The van der Waals surface area contributed by atoms with Crippen molar-refractivity contribution in [1.82, 2.24) is 9.78 Å². The molecule has 1 amide bonds. The number of aliphatic hydroxyl groups excluding tert-OH is 1. The highest BCUT2D eigenvalue weighted by molar-refractivity contribution is 6.03. The lowest BCUT2D eigenvalue weighted by Gasteiger charge is -2.07. The Kier molecular flexibility index (Phi) is 6.43. The molecular weight excluding hydrogens is 320 g/mol. The van der Waals surface area contributed by atoms with Gasteiger partial charge in [0.15, 0.2) is 5.82 Å². The van der Waals surface area contributed by atoms with Gasteiger partial charge >= 0.3 is 0 Å². The zero-order valence-electron chi connectivity index (χ0n) is 12.3. The molecule has 1 aromatic heterocycles. The summed E-state index contributed by atoms with van der Waals surface area (Å²) in [4.78, 5) is 12.0. The maximum atomic E-state index is 12.0. The minimum Gasteiger partial charge on any atom is -0.399 e. The highest BCUT2D eigenvalue weighted by Crippen LogP contribution is 2.19. The van der Waals surface area contributed by atoms with E-state index in [0.717, 1.165) is 0 Å². The van der Waals surface area contributed by atoms with Crippen molar-refractivity contribution in [3.05, 3.63) is 36.0 Å². The molecule has 23 heavy (non-hydrogen) atoms. The maximum absolute atomic E-state index is 12.0. The Balaban J connectivity index is 0.00000264. The standard InChI is InChI=1S/C14H18N6O2.ClH/c15-10-2-3-11(16)9(7-10)1-4-13(22)19-14-12(17)8-18-20(14)5-6-21;/h1-4,7-8,21H,5-6,15-17H2,(H,19,22);1H/b4-1+;. The minimum atomic E-state index is -0.395. The van der Waals surface area contributed by atoms with E-state index in [9.17, 15) is 4.79 Å². The van der Waals surface area contributed by atoms with Crippen LogP contribution in [0.15, 0.2) is 30.5 Å². The van der Waals surface area contributed by atoms with Crippen LogP contribution in [0.5, 0.6) is 0 Å². The third-order valence-electron chi connectivity index (χ3n) is 2.95. The molecule has 9 heteroatoms. The lowest BCUT2D eigenvalue weighted by atomic mass is 10.1. The van der Waals surface area contributed by atoms with E-state index in [4.69, 9.17) is 22.3 Å². The second kappa shape index (κ2) is 8.06. The van der Waals surface area contributed by atoms with E-state index >= 15 is 0 Å². The predicted octanol–water partition coefficient (Wildman–Crippen LogP) is 0.696. The van der Waals surface area contributed by atoms with Crippen molar-refractivity contribution in [2.75, 3.05) is 29.1 Å². The minimum absolute atomic E-state index is 0. The second-order valence-electron chi connectivity index (χ2n) is 4.61. The summed E-state index contributed by atoms with van der Waals surface area (Å²) in [5, 5.41) is 15.5. The van der Waals surface area contributed by atoms with Crippen molar-refractivity contribution in [1.29, 1.82) is 0 Å². The maximum Gasteiger partial charge on any atom is 0.249 e. The largest absolute Gasteiger partial charge is 0.399 e. The molecule has 8 nitrogen and oxygen atoms in total. The third kappa shape index (κ3) is 4.63. The smallest absolute Gasteiger partial charge is 0.249 e. The molecule has 2 rings (SSSR count). The van der Waals surface area contributed by atoms with Gasteiger partial charge in [-0.15, -0.1) is 12.4 Å². The Morgan fingerprint density at radius 2 is 2.04 bits per heavy atom. The molecule has 2 aromatic rings. The van der Waals surface area contributed by atoms with Crippen molar-refractivity contribution >= 4 is 47.3 Å². The lowest BCUT2D eigenvalue weighted by Crippen LogP contribution is -2.15. The number of nitrogens with zero attached hydrogens (tertiary/aromatic N) is 2. The number of nitrogen functional groups attached to an aromatic ring is 3. The highest BCUT2D eigenvalue weighted by atomic mass is 35.5. The van der Waals surface area contributed by atoms with Crippen LogP contribution in [0.2, 0.25) is 0 Å². The normalized spacial score (nSPS) is 10.5. The number of anilines is 4. The summed E-state index contributed by atoms with van der Waals surface area (Å²) in [6.45, 7) is 0.123. The summed E-state index contributed by atoms with van der Waals surface area (Å²) in [6, 6.07) is 5.02. The van der Waals surface area contributed by atoms with Crippen LogP contribution in [0.4, 0.5) is 22.9 Å². The van der Waals surface area contributed by atoms with Crippen LogP contribution in [0, 0.1) is 0 Å². The Hall–Kier alpha value is -2.71. The number of rotatable bonds is 5. The molecule has 8 N–H and O–H groups in total. The Morgan fingerprint density at radius 3 is 2.74 bits per heavy atom. The number of hydrogen-bond acceptors (Lipinski definition) is 6. The van der Waals surface area contributed by atoms with Gasteiger partial charge in [-0.25, -0.2) is 4.68 Å². The van der Waals surface area contributed by atoms with Crippen LogP contribution in [0.3, 0.4) is 0 Å². The first-order chi connectivity index (χ1) is 10.5. The summed E-state index contributed by atoms with van der Waals surface area (Å²) in [6.07, 6.45) is 4.29. The third-order valence-corrected chi connectivity index (χ3v) is 2.95. The van der Waals surface area contributed by atoms with Gasteiger partial charge in [-0.2, -0.15) is 5.10 Å². The number of carbonyl (C=O) groups is 1. The Labute approximate surface area is 139 Å². The molecule has 0 saturated carbocycles. The van der Waals surface area contributed by atoms with Crippen molar-refractivity contribution in [3.8, 4) is 0 Å². The van der Waals surface area contributed by atoms with Crippen molar-refractivity contribution in [2.45, 2.75) is 6.54 Å². The summed E-state index contributed by atoms with van der Waals surface area (Å²) < 4.78 is 1.41. The van der Waals surface area contributed by atoms with E-state index in [2.05, 4.69) is 10.4 Å². The van der Waals surface area contributed by atoms with Gasteiger partial charge in [-0.3, -0.25) is 4.79 Å². The summed E-state index contributed by atoms with van der Waals surface area (Å²) >= 11 is 0. The highest BCUT2D eigenvalue weighted by Gasteiger charge is 2.10. The zero-order valence-corrected chi connectivity index (χ0v) is 13.1. The number of benzene rings is 1. The van der Waals surface area contributed by atoms with Gasteiger partial charge in [0.05, 0.1) is 25.0 Å². The molecule has 1 heterocycles. The number of amides is 1. The first-order valence-corrected chi connectivity index (χ1v) is 6.57. The summed E-state index contributed by atoms with van der Waals surface area (Å²) in [5.41, 5.74) is 19.2. The fraction of sp³-hybridized carbons (Fsp3) is 0.143. The molecule has 124 valence electrons. The number of nitrogens with one attached hydrogen (secondary N) is 1. The van der Waals surface area contributed by atoms with Crippen LogP contribution in [0.25, 0.3) is 6.08 Å². The molecule has 0 fully saturated rings. The van der Waals surface area contributed by atoms with Gasteiger partial charge in [0, 0.05) is 17.5 Å². The van der Waals surface area contributed by atoms with E-state index in [1.54, 1.807) is 24.3 Å². The second-order valence-corrected chi connectivity index (χ2v) is 4.61. The number of carbonyl (C=O) groups excluding carboxylic acids is 1. The summed E-state index contributed by atoms with van der Waals surface area (Å²) in [7, 11) is 0. The number of halogens is 1. The Morgan fingerprint density at radius 1 is 1.30 bits per heavy atom. The summed E-state index contributed by atoms with van der Waals surface area (Å²) in [5.74, 6) is -0.0579. The van der Waals surface area contributed by atoms with Gasteiger partial charge in [-0.05, 0) is 29.8 Å². The molecule has 0 atom stereocenters. The van der Waals surface area contributed by atoms with Crippen molar-refractivity contribution < 1.29 is 9.90 Å². The lowest BCUT2D eigenvalue weighted by molar-refractivity contribution is -0.111. The van der Waals surface area contributed by atoms with Gasteiger partial charge in [0.2, 0.25) is 5.91 Å². The number of nitrogens with two attached hydrogens (primary N) is 3. The van der Waals surface area contributed by atoms with Gasteiger partial charge in [0.1, 0.15) is 0 Å². The Bertz CT molecular complexity index is 713. The number of aliphatic hydroxyl groups is 1. The van der Waals surface area contributed by atoms with Crippen LogP contribution in [-0.4, -0.2) is 27.4 Å². The van der Waals surface area contributed by atoms with Crippen molar-refractivity contribution in [3.63, 3.8) is 0 Å². The molecule has 0 aliphatic rings. The van der Waals surface area contributed by atoms with Crippen LogP contribution in [0.1, 0.15) is 5.56 Å². The van der Waals surface area contributed by atoms with Gasteiger partial charge in [-0.1, -0.05) is 0 Å². The first-order valence-electron chi connectivity index (χ1n) is 6.57. The topological polar surface area (TPSA) is 145 Å². The van der Waals surface area contributed by atoms with Crippen molar-refractivity contribution in [2.24, 2.45) is 0 Å². The molecule has 0 saturated heterocycles. The molecule has 0 aliphatic carbocycles. The van der Waals surface area contributed by atoms with E-state index in [-0.39, 0.29) is 25.6 Å². The molecular formula is C14H19ClN6O2. The van der Waals surface area contributed by atoms with Gasteiger partial charge in [0.25, 0.3) is 0 Å². The molecule has 0 radical (unpaired) electrons. The van der Waals surface area contributed by atoms with E-state index in [1.165, 1.54) is 17.0 Å². The monoisotopic (exact) mass is 338 g/mol. The molecule has 0 aliphatic heterocycles. The fourth-order valence-corrected chi connectivity index (χ4v) is 1.86. The molecule has 1 aromatic carbocycles. The van der Waals surface area contributed by atoms with Crippen LogP contribution >= 0.6 is 12.4 Å². The number of aromatic nitrogens is 2. The van der Waals surface area contributed by atoms with E-state index in [1.807, 2.05) is 0 Å². The molecule has 0 spiro atoms. The SMILES string of the molecule is Cl.Nc1ccc(N)c(/C=C/C(=O)Nc2c(N)cnn2CCO)c1. The average Bonchev–Trinajstić information content (AvgIpc) is 2.82. The fourth-order valence-electron chi connectivity index (χ4n) is 1.86. The number of hydrogen-bond donors (Lipinski definition) is 5. The van der Waals surface area contributed by atoms with Crippen LogP contribution < -0.4 is 22.5 Å². The van der Waals surface area contributed by atoms with Crippen LogP contribution in [-0.2, 0) is 11.3 Å². The molecule has 0 bridgehead atoms. The van der Waals surface area contributed by atoms with E-state index in [0.29, 0.717) is 28.4 Å². The average molecular weight is 339 g/mol. The first kappa shape index (κ1) is 18.3. The van der Waals surface area contributed by atoms with E-state index < -0.39 is 5.91 Å².